The zero-order valence-electron chi connectivity index (χ0n) is 15.1. The molecule has 0 aliphatic heterocycles. The van der Waals surface area contributed by atoms with Gasteiger partial charge in [0, 0.05) is 0 Å². The van der Waals surface area contributed by atoms with E-state index < -0.39 is 0 Å². The molecule has 0 saturated carbocycles. The fraction of sp³-hybridized carbons (Fsp3) is 0.667. The first kappa shape index (κ1) is 20.0. The number of rotatable bonds is 15. The zero-order chi connectivity index (χ0) is 16.6. The highest BCUT2D eigenvalue weighted by Gasteiger charge is 1.99. The van der Waals surface area contributed by atoms with Gasteiger partial charge in [-0.3, -0.25) is 9.90 Å². The summed E-state index contributed by atoms with van der Waals surface area (Å²) in [6.07, 6.45) is 16.4. The van der Waals surface area contributed by atoms with E-state index in [-0.39, 0.29) is 0 Å². The number of hydroxylamine groups is 1. The Morgan fingerprint density at radius 2 is 1.22 bits per heavy atom. The highest BCUT2D eigenvalue weighted by atomic mass is 16.7. The Hall–Kier alpha value is -1.02. The molecule has 1 rings (SSSR count). The summed E-state index contributed by atoms with van der Waals surface area (Å²) in [6, 6.07) is 10.0. The van der Waals surface area contributed by atoms with Gasteiger partial charge in [-0.15, -0.1) is 0 Å². The number of unbranched alkanes of at least 4 members (excludes halogenated alkanes) is 11. The van der Waals surface area contributed by atoms with Crippen molar-refractivity contribution in [2.45, 2.75) is 84.0 Å². The van der Waals surface area contributed by atoms with Gasteiger partial charge >= 0.3 is 0 Å². The van der Waals surface area contributed by atoms with E-state index in [1.807, 2.05) is 30.3 Å². The van der Waals surface area contributed by atoms with Gasteiger partial charge in [-0.2, -0.15) is 0 Å². The van der Waals surface area contributed by atoms with Gasteiger partial charge in [0.15, 0.2) is 0 Å². The van der Waals surface area contributed by atoms with Gasteiger partial charge in [0.1, 0.15) is 0 Å². The molecule has 0 unspecified atom stereocenters. The van der Waals surface area contributed by atoms with Crippen molar-refractivity contribution in [1.82, 2.24) is 0 Å². The Kier molecular flexibility index (Phi) is 12.7. The summed E-state index contributed by atoms with van der Waals surface area (Å²) in [7, 11) is 3.91. The molecule has 23 heavy (non-hydrogen) atoms. The number of hydrogen-bond donors (Lipinski definition) is 0. The van der Waals surface area contributed by atoms with Crippen LogP contribution in [0.15, 0.2) is 30.3 Å². The van der Waals surface area contributed by atoms with E-state index in [2.05, 4.69) is 14.0 Å². The van der Waals surface area contributed by atoms with E-state index >= 15 is 0 Å². The Morgan fingerprint density at radius 3 is 1.74 bits per heavy atom. The molecule has 0 aliphatic carbocycles. The second kappa shape index (κ2) is 14.6. The molecule has 2 heteroatoms. The smallest absolute Gasteiger partial charge is 0.0748 e. The summed E-state index contributed by atoms with van der Waals surface area (Å²) in [6.45, 7) is 3.04. The Morgan fingerprint density at radius 1 is 0.739 bits per heavy atom. The molecule has 0 spiro atoms. The summed E-state index contributed by atoms with van der Waals surface area (Å²) in [5.41, 5.74) is 1.01. The zero-order valence-corrected chi connectivity index (χ0v) is 15.1. The number of anilines is 1. The summed E-state index contributed by atoms with van der Waals surface area (Å²) < 4.78 is 0. The van der Waals surface area contributed by atoms with Crippen molar-refractivity contribution >= 4 is 5.69 Å². The van der Waals surface area contributed by atoms with E-state index in [1.165, 1.54) is 70.6 Å². The third-order valence-corrected chi connectivity index (χ3v) is 4.29. The summed E-state index contributed by atoms with van der Waals surface area (Å²) >= 11 is 0. The Labute approximate surface area is 144 Å². The average molecular weight is 319 g/mol. The van der Waals surface area contributed by atoms with Gasteiger partial charge in [0.2, 0.25) is 0 Å². The maximum Gasteiger partial charge on any atom is 0.0748 e. The van der Waals surface area contributed by atoms with Crippen LogP contribution in [0.3, 0.4) is 0 Å². The van der Waals surface area contributed by atoms with Crippen molar-refractivity contribution in [1.29, 1.82) is 0 Å². The third kappa shape index (κ3) is 11.2. The lowest BCUT2D eigenvalue weighted by atomic mass is 10.1. The highest BCUT2D eigenvalue weighted by molar-refractivity contribution is 5.43. The minimum atomic E-state index is 0.760. The lowest BCUT2D eigenvalue weighted by Crippen LogP contribution is -2.15. The third-order valence-electron chi connectivity index (χ3n) is 4.29. The molecule has 0 N–H and O–H groups in total. The molecule has 0 amide bonds. The summed E-state index contributed by atoms with van der Waals surface area (Å²) in [5, 5.41) is 1.62. The molecule has 2 nitrogen and oxygen atoms in total. The maximum absolute atomic E-state index is 5.64. The van der Waals surface area contributed by atoms with Gasteiger partial charge in [-0.05, 0) is 18.6 Å². The molecule has 0 heterocycles. The molecule has 1 radical (unpaired) electrons. The second-order valence-electron chi connectivity index (χ2n) is 6.44. The predicted octanol–water partition coefficient (Wildman–Crippen LogP) is 6.92. The molecule has 0 bridgehead atoms. The van der Waals surface area contributed by atoms with Gasteiger partial charge in [0.05, 0.1) is 19.3 Å². The van der Waals surface area contributed by atoms with Crippen molar-refractivity contribution < 1.29 is 4.84 Å². The van der Waals surface area contributed by atoms with Crippen LogP contribution >= 0.6 is 0 Å². The molecule has 0 aromatic heterocycles. The molecule has 0 aliphatic rings. The van der Waals surface area contributed by atoms with Crippen LogP contribution in [-0.4, -0.2) is 6.61 Å². The van der Waals surface area contributed by atoms with Crippen LogP contribution in [0.2, 0.25) is 0 Å². The minimum absolute atomic E-state index is 0.760. The van der Waals surface area contributed by atoms with E-state index in [4.69, 9.17) is 4.84 Å². The quantitative estimate of drug-likeness (QED) is 0.257. The molecule has 1 aromatic carbocycles. The largest absolute Gasteiger partial charge is 0.273 e. The molecule has 0 fully saturated rings. The average Bonchev–Trinajstić information content (AvgIpc) is 2.59. The monoisotopic (exact) mass is 318 g/mol. The van der Waals surface area contributed by atoms with Crippen molar-refractivity contribution in [3.63, 3.8) is 0 Å². The molecule has 0 saturated heterocycles. The second-order valence-corrected chi connectivity index (χ2v) is 6.44. The highest BCUT2D eigenvalue weighted by Crippen LogP contribution is 2.14. The van der Waals surface area contributed by atoms with Crippen molar-refractivity contribution in [2.24, 2.45) is 0 Å². The van der Waals surface area contributed by atoms with E-state index in [0.717, 1.165) is 18.7 Å². The fourth-order valence-corrected chi connectivity index (χ4v) is 2.79. The number of hydrogen-bond acceptors (Lipinski definition) is 2. The standard InChI is InChI=1S/C21H36NO/c1-3-4-5-6-7-8-9-10-11-12-13-17-20-23-22(2)21-18-15-14-16-19-21/h14-16,18-19H,2-13,17,20H2,1H3. The van der Waals surface area contributed by atoms with E-state index in [0.29, 0.717) is 0 Å². The van der Waals surface area contributed by atoms with Crippen LogP contribution in [0.1, 0.15) is 84.0 Å². The number of nitrogens with zero attached hydrogens (tertiary/aromatic N) is 1. The summed E-state index contributed by atoms with van der Waals surface area (Å²) in [4.78, 5) is 5.64. The maximum atomic E-state index is 5.64. The van der Waals surface area contributed by atoms with Crippen LogP contribution in [0.4, 0.5) is 5.69 Å². The van der Waals surface area contributed by atoms with Crippen molar-refractivity contribution in [3.8, 4) is 0 Å². The predicted molar refractivity (Wildman–Crippen MR) is 101 cm³/mol. The van der Waals surface area contributed by atoms with E-state index in [1.54, 1.807) is 5.06 Å². The van der Waals surface area contributed by atoms with Crippen molar-refractivity contribution in [3.05, 3.63) is 37.4 Å². The molecular weight excluding hydrogens is 282 g/mol. The molecule has 131 valence electrons. The van der Waals surface area contributed by atoms with Crippen LogP contribution < -0.4 is 5.06 Å². The first-order valence-electron chi connectivity index (χ1n) is 9.63. The molecule has 0 atom stereocenters. The topological polar surface area (TPSA) is 12.5 Å². The lowest BCUT2D eigenvalue weighted by Gasteiger charge is -2.18. The molecule has 1 aromatic rings. The SMILES string of the molecule is [CH2]N(OCCCCCCCCCCCCCC)c1ccccc1. The van der Waals surface area contributed by atoms with Gasteiger partial charge < -0.3 is 0 Å². The van der Waals surface area contributed by atoms with Crippen molar-refractivity contribution in [2.75, 3.05) is 11.7 Å². The van der Waals surface area contributed by atoms with Crippen LogP contribution in [0, 0.1) is 7.05 Å². The van der Waals surface area contributed by atoms with Crippen LogP contribution in [-0.2, 0) is 4.84 Å². The first-order chi connectivity index (χ1) is 11.3. The van der Waals surface area contributed by atoms with Gasteiger partial charge in [-0.25, -0.2) is 0 Å². The normalized spacial score (nSPS) is 10.9. The Balaban J connectivity index is 1.81. The Bertz CT molecular complexity index is 352. The lowest BCUT2D eigenvalue weighted by molar-refractivity contribution is 0.126. The number of benzene rings is 1. The van der Waals surface area contributed by atoms with Gasteiger partial charge in [-0.1, -0.05) is 95.8 Å². The first-order valence-corrected chi connectivity index (χ1v) is 9.63. The van der Waals surface area contributed by atoms with Crippen LogP contribution in [0.5, 0.6) is 0 Å². The molecular formula is C21H36NO. The van der Waals surface area contributed by atoms with Gasteiger partial charge in [0.25, 0.3) is 0 Å². The summed E-state index contributed by atoms with van der Waals surface area (Å²) in [5.74, 6) is 0. The van der Waals surface area contributed by atoms with E-state index in [9.17, 15) is 0 Å². The minimum Gasteiger partial charge on any atom is -0.273 e. The fourth-order valence-electron chi connectivity index (χ4n) is 2.79. The number of para-hydroxylation sites is 1. The van der Waals surface area contributed by atoms with Crippen LogP contribution in [0.25, 0.3) is 0 Å².